The van der Waals surface area contributed by atoms with Crippen molar-refractivity contribution in [3.8, 4) is 0 Å². The average Bonchev–Trinajstić information content (AvgIpc) is 2.52. The van der Waals surface area contributed by atoms with Crippen LogP contribution in [0.1, 0.15) is 62.3 Å². The number of para-hydroxylation sites is 1. The number of hydrogen-bond donors (Lipinski definition) is 2. The number of aliphatic hydroxyl groups excluding tert-OH is 1. The van der Waals surface area contributed by atoms with Crippen molar-refractivity contribution in [1.29, 1.82) is 0 Å². The number of anilines is 1. The van der Waals surface area contributed by atoms with E-state index >= 15 is 0 Å². The molecule has 0 radical (unpaired) electrons. The van der Waals surface area contributed by atoms with Crippen molar-refractivity contribution in [2.75, 3.05) is 11.9 Å². The molecule has 0 aliphatic heterocycles. The second-order valence-corrected chi connectivity index (χ2v) is 6.43. The van der Waals surface area contributed by atoms with E-state index in [1.54, 1.807) is 0 Å². The van der Waals surface area contributed by atoms with Crippen LogP contribution in [0.2, 0.25) is 0 Å². The van der Waals surface area contributed by atoms with E-state index < -0.39 is 6.10 Å². The van der Waals surface area contributed by atoms with Crippen LogP contribution in [0.25, 0.3) is 0 Å². The van der Waals surface area contributed by atoms with Gasteiger partial charge in [-0.15, -0.1) is 0 Å². The molecule has 0 aliphatic carbocycles. The highest BCUT2D eigenvalue weighted by Crippen LogP contribution is 2.32. The molecule has 118 valence electrons. The Morgan fingerprint density at radius 2 is 1.36 bits per heavy atom. The van der Waals surface area contributed by atoms with Crippen molar-refractivity contribution >= 4 is 5.69 Å². The molecule has 1 unspecified atom stereocenters. The zero-order valence-electron chi connectivity index (χ0n) is 14.0. The molecule has 0 bridgehead atoms. The fourth-order valence-electron chi connectivity index (χ4n) is 2.75. The highest BCUT2D eigenvalue weighted by Gasteiger charge is 2.15. The zero-order valence-corrected chi connectivity index (χ0v) is 14.0. The van der Waals surface area contributed by atoms with Gasteiger partial charge in [-0.05, 0) is 28.5 Å². The van der Waals surface area contributed by atoms with Gasteiger partial charge in [-0.2, -0.15) is 0 Å². The molecule has 22 heavy (non-hydrogen) atoms. The molecular formula is C20H27NO. The van der Waals surface area contributed by atoms with Crippen molar-refractivity contribution in [2.24, 2.45) is 0 Å². The Bertz CT molecular complexity index is 564. The maximum atomic E-state index is 10.4. The van der Waals surface area contributed by atoms with Crippen LogP contribution in [-0.4, -0.2) is 11.7 Å². The third-order valence-electron chi connectivity index (χ3n) is 4.03. The van der Waals surface area contributed by atoms with Gasteiger partial charge in [-0.25, -0.2) is 0 Å². The van der Waals surface area contributed by atoms with Crippen LogP contribution < -0.4 is 5.32 Å². The smallest absolute Gasteiger partial charge is 0.0962 e. The fraction of sp³-hybridized carbons (Fsp3) is 0.400. The first-order valence-electron chi connectivity index (χ1n) is 8.10. The molecule has 0 saturated heterocycles. The fourth-order valence-corrected chi connectivity index (χ4v) is 2.75. The van der Waals surface area contributed by atoms with Gasteiger partial charge in [0, 0.05) is 12.2 Å². The second-order valence-electron chi connectivity index (χ2n) is 6.43. The monoisotopic (exact) mass is 297 g/mol. The molecule has 0 aromatic heterocycles. The van der Waals surface area contributed by atoms with E-state index in [2.05, 4.69) is 51.2 Å². The molecule has 0 amide bonds. The Balaban J connectivity index is 2.21. The molecule has 2 nitrogen and oxygen atoms in total. The molecule has 0 spiro atoms. The summed E-state index contributed by atoms with van der Waals surface area (Å²) < 4.78 is 0. The number of hydrogen-bond acceptors (Lipinski definition) is 2. The predicted molar refractivity (Wildman–Crippen MR) is 94.5 cm³/mol. The van der Waals surface area contributed by atoms with Crippen LogP contribution in [0, 0.1) is 0 Å². The first-order chi connectivity index (χ1) is 10.5. The van der Waals surface area contributed by atoms with Gasteiger partial charge in [-0.3, -0.25) is 0 Å². The van der Waals surface area contributed by atoms with Crippen LogP contribution >= 0.6 is 0 Å². The molecular weight excluding hydrogens is 270 g/mol. The Morgan fingerprint density at radius 1 is 0.818 bits per heavy atom. The summed E-state index contributed by atoms with van der Waals surface area (Å²) in [6, 6.07) is 16.3. The highest BCUT2D eigenvalue weighted by molar-refractivity contribution is 5.60. The minimum atomic E-state index is -0.499. The first-order valence-corrected chi connectivity index (χ1v) is 8.10. The van der Waals surface area contributed by atoms with Gasteiger partial charge >= 0.3 is 0 Å². The topological polar surface area (TPSA) is 32.3 Å². The molecule has 0 heterocycles. The average molecular weight is 297 g/mol. The van der Waals surface area contributed by atoms with Gasteiger partial charge in [0.25, 0.3) is 0 Å². The van der Waals surface area contributed by atoms with Gasteiger partial charge in [0.2, 0.25) is 0 Å². The second kappa shape index (κ2) is 7.46. The zero-order chi connectivity index (χ0) is 16.1. The van der Waals surface area contributed by atoms with Gasteiger partial charge in [-0.1, -0.05) is 76.2 Å². The maximum Gasteiger partial charge on any atom is 0.0962 e. The third-order valence-corrected chi connectivity index (χ3v) is 4.03. The Hall–Kier alpha value is -1.80. The highest BCUT2D eigenvalue weighted by atomic mass is 16.3. The Morgan fingerprint density at radius 3 is 1.86 bits per heavy atom. The molecule has 2 rings (SSSR count). The van der Waals surface area contributed by atoms with Crippen LogP contribution in [0.5, 0.6) is 0 Å². The van der Waals surface area contributed by atoms with E-state index in [1.165, 1.54) is 16.8 Å². The number of aliphatic hydroxyl groups is 1. The van der Waals surface area contributed by atoms with Crippen molar-refractivity contribution < 1.29 is 5.11 Å². The largest absolute Gasteiger partial charge is 0.387 e. The maximum absolute atomic E-state index is 10.4. The van der Waals surface area contributed by atoms with E-state index in [9.17, 15) is 5.11 Å². The normalized spacial score (nSPS) is 12.7. The van der Waals surface area contributed by atoms with Crippen LogP contribution in [-0.2, 0) is 0 Å². The van der Waals surface area contributed by atoms with Gasteiger partial charge in [0.1, 0.15) is 0 Å². The minimum Gasteiger partial charge on any atom is -0.387 e. The summed E-state index contributed by atoms with van der Waals surface area (Å²) in [5, 5.41) is 13.9. The number of nitrogens with one attached hydrogen (secondary N) is 1. The van der Waals surface area contributed by atoms with Crippen molar-refractivity contribution in [3.63, 3.8) is 0 Å². The lowest BCUT2D eigenvalue weighted by Crippen LogP contribution is -2.15. The lowest BCUT2D eigenvalue weighted by atomic mass is 9.92. The minimum absolute atomic E-state index is 0.454. The van der Waals surface area contributed by atoms with Crippen molar-refractivity contribution in [1.82, 2.24) is 0 Å². The molecule has 2 aromatic carbocycles. The summed E-state index contributed by atoms with van der Waals surface area (Å²) in [6.45, 7) is 9.35. The molecule has 0 fully saturated rings. The Kier molecular flexibility index (Phi) is 5.62. The quantitative estimate of drug-likeness (QED) is 0.779. The summed E-state index contributed by atoms with van der Waals surface area (Å²) in [5.74, 6) is 0.908. The third kappa shape index (κ3) is 3.89. The molecule has 1 atom stereocenters. The van der Waals surface area contributed by atoms with Gasteiger partial charge < -0.3 is 10.4 Å². The van der Waals surface area contributed by atoms with Gasteiger partial charge in [0.05, 0.1) is 6.10 Å². The van der Waals surface area contributed by atoms with Crippen LogP contribution in [0.4, 0.5) is 5.69 Å². The van der Waals surface area contributed by atoms with E-state index in [4.69, 9.17) is 0 Å². The molecule has 2 N–H and O–H groups in total. The first kappa shape index (κ1) is 16.6. The summed E-state index contributed by atoms with van der Waals surface area (Å²) >= 11 is 0. The summed E-state index contributed by atoms with van der Waals surface area (Å²) in [4.78, 5) is 0. The molecule has 0 aliphatic rings. The van der Waals surface area contributed by atoms with E-state index in [1.807, 2.05) is 30.3 Å². The molecule has 2 heteroatoms. The molecule has 2 aromatic rings. The van der Waals surface area contributed by atoms with Crippen molar-refractivity contribution in [3.05, 3.63) is 65.2 Å². The van der Waals surface area contributed by atoms with E-state index in [-0.39, 0.29) is 0 Å². The summed E-state index contributed by atoms with van der Waals surface area (Å²) in [6.07, 6.45) is -0.499. The number of rotatable bonds is 6. The van der Waals surface area contributed by atoms with Crippen molar-refractivity contribution in [2.45, 2.75) is 45.6 Å². The Labute approximate surface area is 134 Å². The SMILES string of the molecule is CC(C)c1cccc(C(C)C)c1NCC(O)c1ccccc1. The number of benzene rings is 2. The summed E-state index contributed by atoms with van der Waals surface area (Å²) in [7, 11) is 0. The van der Waals surface area contributed by atoms with E-state index in [0.717, 1.165) is 5.56 Å². The standard InChI is InChI=1S/C20H27NO/c1-14(2)17-11-8-12-18(15(3)4)20(17)21-13-19(22)16-9-6-5-7-10-16/h5-12,14-15,19,21-22H,13H2,1-4H3. The molecule has 0 saturated carbocycles. The lowest BCUT2D eigenvalue weighted by Gasteiger charge is -2.22. The van der Waals surface area contributed by atoms with E-state index in [0.29, 0.717) is 18.4 Å². The van der Waals surface area contributed by atoms with Gasteiger partial charge in [0.15, 0.2) is 0 Å². The lowest BCUT2D eigenvalue weighted by molar-refractivity contribution is 0.191. The van der Waals surface area contributed by atoms with Crippen LogP contribution in [0.15, 0.2) is 48.5 Å². The predicted octanol–water partition coefficient (Wildman–Crippen LogP) is 5.08. The summed E-state index contributed by atoms with van der Waals surface area (Å²) in [5.41, 5.74) is 4.75. The van der Waals surface area contributed by atoms with Crippen LogP contribution in [0.3, 0.4) is 0 Å².